The predicted octanol–water partition coefficient (Wildman–Crippen LogP) is 3.45. The second-order valence-corrected chi connectivity index (χ2v) is 9.01. The summed E-state index contributed by atoms with van der Waals surface area (Å²) in [6.45, 7) is 1.87. The van der Waals surface area contributed by atoms with E-state index in [9.17, 15) is 18.0 Å². The van der Waals surface area contributed by atoms with Crippen LogP contribution in [0.5, 0.6) is 5.75 Å². The second-order valence-electron chi connectivity index (χ2n) is 7.12. The molecule has 1 amide bonds. The molecule has 8 nitrogen and oxygen atoms in total. The van der Waals surface area contributed by atoms with Crippen LogP contribution in [0.3, 0.4) is 0 Å². The van der Waals surface area contributed by atoms with Crippen molar-refractivity contribution in [1.82, 2.24) is 4.72 Å². The molecular weight excluding hydrogens is 444 g/mol. The monoisotopic (exact) mass is 468 g/mol. The Bertz CT molecular complexity index is 1260. The van der Waals surface area contributed by atoms with Gasteiger partial charge in [-0.1, -0.05) is 42.5 Å². The molecule has 1 atom stereocenters. The van der Waals surface area contributed by atoms with Gasteiger partial charge in [-0.3, -0.25) is 4.79 Å². The molecule has 3 rings (SSSR count). The molecule has 0 bridgehead atoms. The number of hydrogen-bond donors (Lipinski definition) is 2. The highest BCUT2D eigenvalue weighted by Gasteiger charge is 2.27. The molecule has 33 heavy (non-hydrogen) atoms. The molecule has 0 aromatic heterocycles. The summed E-state index contributed by atoms with van der Waals surface area (Å²) in [7, 11) is -0.994. The summed E-state index contributed by atoms with van der Waals surface area (Å²) in [5, 5.41) is 2.76. The zero-order chi connectivity index (χ0) is 24.0. The largest absolute Gasteiger partial charge is 0.495 e. The zero-order valence-electron chi connectivity index (χ0n) is 18.4. The fraction of sp³-hybridized carbons (Fsp3) is 0.167. The Morgan fingerprint density at radius 3 is 2.33 bits per heavy atom. The van der Waals surface area contributed by atoms with E-state index >= 15 is 0 Å². The van der Waals surface area contributed by atoms with Gasteiger partial charge in [-0.05, 0) is 49.9 Å². The van der Waals surface area contributed by atoms with Crippen LogP contribution in [0.25, 0.3) is 0 Å². The predicted molar refractivity (Wildman–Crippen MR) is 124 cm³/mol. The Hall–Kier alpha value is -3.69. The van der Waals surface area contributed by atoms with Crippen LogP contribution in [0.1, 0.15) is 27.6 Å². The minimum Gasteiger partial charge on any atom is -0.495 e. The van der Waals surface area contributed by atoms with Crippen LogP contribution in [-0.4, -0.2) is 34.5 Å². The van der Waals surface area contributed by atoms with Gasteiger partial charge in [0.25, 0.3) is 5.91 Å². The van der Waals surface area contributed by atoms with Gasteiger partial charge in [0, 0.05) is 5.56 Å². The van der Waals surface area contributed by atoms with Crippen molar-refractivity contribution in [3.05, 3.63) is 89.5 Å². The number of hydrogen-bond acceptors (Lipinski definition) is 6. The van der Waals surface area contributed by atoms with E-state index in [1.165, 1.54) is 38.4 Å². The first-order valence-corrected chi connectivity index (χ1v) is 11.5. The number of carbonyl (C=O) groups excluding carboxylic acids is 2. The van der Waals surface area contributed by atoms with E-state index in [0.29, 0.717) is 17.0 Å². The van der Waals surface area contributed by atoms with Crippen molar-refractivity contribution in [3.8, 4) is 5.75 Å². The lowest BCUT2D eigenvalue weighted by Gasteiger charge is -2.19. The van der Waals surface area contributed by atoms with E-state index in [2.05, 4.69) is 10.0 Å². The number of sulfonamides is 1. The van der Waals surface area contributed by atoms with E-state index in [4.69, 9.17) is 9.47 Å². The number of rotatable bonds is 8. The number of carbonyl (C=O) groups is 2. The Balaban J connectivity index is 1.91. The lowest BCUT2D eigenvalue weighted by Crippen LogP contribution is -2.26. The van der Waals surface area contributed by atoms with Crippen molar-refractivity contribution < 1.29 is 27.5 Å². The molecule has 0 aliphatic rings. The fourth-order valence-corrected chi connectivity index (χ4v) is 3.88. The van der Waals surface area contributed by atoms with E-state index in [1.807, 2.05) is 13.0 Å². The van der Waals surface area contributed by atoms with Crippen LogP contribution in [0, 0.1) is 6.92 Å². The smallest absolute Gasteiger partial charge is 0.339 e. The molecule has 9 heteroatoms. The highest BCUT2D eigenvalue weighted by atomic mass is 32.2. The molecule has 0 saturated heterocycles. The molecule has 0 fully saturated rings. The average molecular weight is 469 g/mol. The number of methoxy groups -OCH3 is 1. The number of benzene rings is 3. The number of anilines is 1. The maximum Gasteiger partial charge on any atom is 0.339 e. The van der Waals surface area contributed by atoms with E-state index in [1.54, 1.807) is 42.5 Å². The zero-order valence-corrected chi connectivity index (χ0v) is 19.2. The molecule has 2 N–H and O–H groups in total. The third-order valence-corrected chi connectivity index (χ3v) is 6.24. The minimum absolute atomic E-state index is 0.00630. The van der Waals surface area contributed by atoms with Crippen LogP contribution in [0.15, 0.2) is 77.7 Å². The number of amides is 1. The number of esters is 1. The van der Waals surface area contributed by atoms with Gasteiger partial charge in [0.15, 0.2) is 0 Å². The van der Waals surface area contributed by atoms with Gasteiger partial charge >= 0.3 is 5.97 Å². The quantitative estimate of drug-likeness (QED) is 0.490. The van der Waals surface area contributed by atoms with Gasteiger partial charge in [-0.25, -0.2) is 17.9 Å². The first kappa shape index (κ1) is 24.0. The first-order chi connectivity index (χ1) is 15.7. The third kappa shape index (κ3) is 5.76. The van der Waals surface area contributed by atoms with Gasteiger partial charge in [0.2, 0.25) is 16.1 Å². The van der Waals surface area contributed by atoms with E-state index in [0.717, 1.165) is 5.56 Å². The van der Waals surface area contributed by atoms with Crippen molar-refractivity contribution in [1.29, 1.82) is 0 Å². The molecule has 0 saturated carbocycles. The number of aryl methyl sites for hydroxylation is 1. The Morgan fingerprint density at radius 1 is 0.939 bits per heavy atom. The molecule has 3 aromatic carbocycles. The normalized spacial score (nSPS) is 12.0. The molecular formula is C24H24N2O6S. The lowest BCUT2D eigenvalue weighted by atomic mass is 10.1. The standard InChI is InChI=1S/C24H24N2O6S/c1-16-12-13-21(31-3)20(14-16)26-23(27)22(17-8-5-4-6-9-17)32-24(28)18-10-7-11-19(15-18)33(29,30)25-2/h4-15,22,25H,1-3H3,(H,26,27)/t22-/m0/s1. The summed E-state index contributed by atoms with van der Waals surface area (Å²) >= 11 is 0. The third-order valence-electron chi connectivity index (χ3n) is 4.83. The molecule has 172 valence electrons. The summed E-state index contributed by atoms with van der Waals surface area (Å²) in [6.07, 6.45) is -1.28. The summed E-state index contributed by atoms with van der Waals surface area (Å²) < 4.78 is 37.2. The molecule has 0 aliphatic carbocycles. The summed E-state index contributed by atoms with van der Waals surface area (Å²) in [5.74, 6) is -0.974. The van der Waals surface area contributed by atoms with Gasteiger partial charge < -0.3 is 14.8 Å². The van der Waals surface area contributed by atoms with Gasteiger partial charge in [-0.2, -0.15) is 0 Å². The summed E-state index contributed by atoms with van der Waals surface area (Å²) in [4.78, 5) is 26.0. The van der Waals surface area contributed by atoms with Gasteiger partial charge in [-0.15, -0.1) is 0 Å². The van der Waals surface area contributed by atoms with E-state index < -0.39 is 28.0 Å². The van der Waals surface area contributed by atoms with Crippen molar-refractivity contribution in [3.63, 3.8) is 0 Å². The molecule has 0 unspecified atom stereocenters. The molecule has 3 aromatic rings. The van der Waals surface area contributed by atoms with Crippen LogP contribution in [-0.2, 0) is 19.6 Å². The van der Waals surface area contributed by atoms with Crippen molar-refractivity contribution >= 4 is 27.6 Å². The Labute approximate surface area is 192 Å². The van der Waals surface area contributed by atoms with Gasteiger partial charge in [0.05, 0.1) is 23.3 Å². The van der Waals surface area contributed by atoms with Crippen LogP contribution in [0.4, 0.5) is 5.69 Å². The topological polar surface area (TPSA) is 111 Å². The maximum atomic E-state index is 13.2. The van der Waals surface area contributed by atoms with Crippen LogP contribution < -0.4 is 14.8 Å². The van der Waals surface area contributed by atoms with Crippen molar-refractivity contribution in [2.75, 3.05) is 19.5 Å². The second kappa shape index (κ2) is 10.3. The molecule has 0 radical (unpaired) electrons. The van der Waals surface area contributed by atoms with Crippen molar-refractivity contribution in [2.45, 2.75) is 17.9 Å². The van der Waals surface area contributed by atoms with Crippen molar-refractivity contribution in [2.24, 2.45) is 0 Å². The SMILES string of the molecule is CNS(=O)(=O)c1cccc(C(=O)O[C@H](C(=O)Nc2cc(C)ccc2OC)c2ccccc2)c1. The number of nitrogens with one attached hydrogen (secondary N) is 2. The minimum atomic E-state index is -3.75. The summed E-state index contributed by atoms with van der Waals surface area (Å²) in [6, 6.07) is 19.2. The summed E-state index contributed by atoms with van der Waals surface area (Å²) in [5.41, 5.74) is 1.78. The van der Waals surface area contributed by atoms with Gasteiger partial charge in [0.1, 0.15) is 5.75 Å². The fourth-order valence-electron chi connectivity index (χ4n) is 3.10. The molecule has 0 aliphatic heterocycles. The van der Waals surface area contributed by atoms with E-state index in [-0.39, 0.29) is 10.5 Å². The lowest BCUT2D eigenvalue weighted by molar-refractivity contribution is -0.125. The van der Waals surface area contributed by atoms with Crippen LogP contribution >= 0.6 is 0 Å². The maximum absolute atomic E-state index is 13.2. The Morgan fingerprint density at radius 2 is 1.67 bits per heavy atom. The highest BCUT2D eigenvalue weighted by molar-refractivity contribution is 7.89. The molecule has 0 heterocycles. The van der Waals surface area contributed by atoms with Crippen LogP contribution in [0.2, 0.25) is 0 Å². The Kier molecular flexibility index (Phi) is 7.47. The average Bonchev–Trinajstić information content (AvgIpc) is 2.83. The molecule has 0 spiro atoms. The first-order valence-electron chi connectivity index (χ1n) is 10.00. The number of ether oxygens (including phenoxy) is 2. The highest BCUT2D eigenvalue weighted by Crippen LogP contribution is 2.28.